The topological polar surface area (TPSA) is 50.8 Å². The minimum Gasteiger partial charge on any atom is -0.454 e. The van der Waals surface area contributed by atoms with Crippen LogP contribution in [-0.2, 0) is 4.79 Å². The van der Waals surface area contributed by atoms with Crippen LogP contribution in [-0.4, -0.2) is 25.3 Å². The third-order valence-electron chi connectivity index (χ3n) is 4.32. The molecule has 0 aromatic heterocycles. The Morgan fingerprint density at radius 3 is 2.68 bits per heavy atom. The van der Waals surface area contributed by atoms with E-state index >= 15 is 0 Å². The summed E-state index contributed by atoms with van der Waals surface area (Å²) in [5.41, 5.74) is 1.88. The number of nitrogens with zero attached hydrogens (tertiary/aromatic N) is 1. The first-order chi connectivity index (χ1) is 10.7. The van der Waals surface area contributed by atoms with Crippen molar-refractivity contribution in [1.29, 1.82) is 0 Å². The summed E-state index contributed by atoms with van der Waals surface area (Å²) in [6, 6.07) is 3.72. The van der Waals surface area contributed by atoms with Gasteiger partial charge in [0, 0.05) is 18.7 Å². The Hall–Kier alpha value is -1.91. The average Bonchev–Trinajstić information content (AvgIpc) is 2.98. The number of carbonyl (C=O) groups excluding carboxylic acids is 1. The van der Waals surface area contributed by atoms with E-state index in [4.69, 9.17) is 9.47 Å². The van der Waals surface area contributed by atoms with Gasteiger partial charge < -0.3 is 19.7 Å². The van der Waals surface area contributed by atoms with Crippen LogP contribution in [0.2, 0.25) is 0 Å². The van der Waals surface area contributed by atoms with E-state index in [1.807, 2.05) is 24.0 Å². The van der Waals surface area contributed by atoms with Crippen LogP contribution in [0.25, 0.3) is 0 Å². The summed E-state index contributed by atoms with van der Waals surface area (Å²) in [6.07, 6.45) is 5.38. The fourth-order valence-electron chi connectivity index (χ4n) is 3.03. The number of carbonyl (C=O) groups is 1. The Balaban J connectivity index is 1.85. The predicted molar refractivity (Wildman–Crippen MR) is 86.8 cm³/mol. The molecule has 0 fully saturated rings. The first-order valence-corrected chi connectivity index (χ1v) is 8.26. The molecule has 0 saturated heterocycles. The van der Waals surface area contributed by atoms with Crippen molar-refractivity contribution in [1.82, 2.24) is 0 Å². The highest BCUT2D eigenvalue weighted by Gasteiger charge is 2.33. The lowest BCUT2D eigenvalue weighted by Gasteiger charge is -2.35. The lowest BCUT2D eigenvalue weighted by atomic mass is 10.1. The molecule has 1 amide bonds. The number of anilines is 2. The van der Waals surface area contributed by atoms with Crippen LogP contribution in [0.4, 0.5) is 11.4 Å². The number of fused-ring (bicyclic) bond motifs is 2. The SMILES string of the molecule is CCCCCCN1C(=O)C(CC)Nc2cc3c(cc21)OCO3. The van der Waals surface area contributed by atoms with Crippen LogP contribution in [0.3, 0.4) is 0 Å². The average molecular weight is 304 g/mol. The highest BCUT2D eigenvalue weighted by atomic mass is 16.7. The van der Waals surface area contributed by atoms with E-state index < -0.39 is 0 Å². The van der Waals surface area contributed by atoms with E-state index in [-0.39, 0.29) is 18.7 Å². The smallest absolute Gasteiger partial charge is 0.249 e. The maximum Gasteiger partial charge on any atom is 0.249 e. The summed E-state index contributed by atoms with van der Waals surface area (Å²) in [4.78, 5) is 14.6. The minimum atomic E-state index is -0.154. The van der Waals surface area contributed by atoms with Crippen LogP contribution >= 0.6 is 0 Å². The minimum absolute atomic E-state index is 0.154. The molecule has 0 spiro atoms. The molecule has 2 aliphatic rings. The van der Waals surface area contributed by atoms with Gasteiger partial charge in [-0.15, -0.1) is 0 Å². The van der Waals surface area contributed by atoms with Gasteiger partial charge in [0.05, 0.1) is 11.4 Å². The summed E-state index contributed by atoms with van der Waals surface area (Å²) >= 11 is 0. The molecule has 0 saturated carbocycles. The summed E-state index contributed by atoms with van der Waals surface area (Å²) in [5, 5.41) is 3.33. The summed E-state index contributed by atoms with van der Waals surface area (Å²) in [7, 11) is 0. The van der Waals surface area contributed by atoms with E-state index in [1.54, 1.807) is 0 Å². The zero-order chi connectivity index (χ0) is 15.5. The Bertz CT molecular complexity index is 559. The molecular weight excluding hydrogens is 280 g/mol. The number of benzene rings is 1. The van der Waals surface area contributed by atoms with Gasteiger partial charge in [0.25, 0.3) is 0 Å². The van der Waals surface area contributed by atoms with E-state index in [2.05, 4.69) is 12.2 Å². The number of rotatable bonds is 6. The molecule has 0 aliphatic carbocycles. The van der Waals surface area contributed by atoms with Gasteiger partial charge in [-0.25, -0.2) is 0 Å². The Labute approximate surface area is 131 Å². The molecule has 3 rings (SSSR count). The van der Waals surface area contributed by atoms with Crippen molar-refractivity contribution in [2.45, 2.75) is 52.0 Å². The largest absolute Gasteiger partial charge is 0.454 e. The van der Waals surface area contributed by atoms with Gasteiger partial charge in [0.15, 0.2) is 11.5 Å². The van der Waals surface area contributed by atoms with Gasteiger partial charge in [-0.2, -0.15) is 0 Å². The van der Waals surface area contributed by atoms with Crippen molar-refractivity contribution >= 4 is 17.3 Å². The zero-order valence-corrected chi connectivity index (χ0v) is 13.4. The second kappa shape index (κ2) is 6.46. The monoisotopic (exact) mass is 304 g/mol. The van der Waals surface area contributed by atoms with Crippen LogP contribution in [0.15, 0.2) is 12.1 Å². The zero-order valence-electron chi connectivity index (χ0n) is 13.4. The van der Waals surface area contributed by atoms with Crippen molar-refractivity contribution < 1.29 is 14.3 Å². The Kier molecular flexibility index (Phi) is 4.41. The van der Waals surface area contributed by atoms with Gasteiger partial charge in [-0.3, -0.25) is 4.79 Å². The third kappa shape index (κ3) is 2.72. The van der Waals surface area contributed by atoms with E-state index in [9.17, 15) is 4.79 Å². The van der Waals surface area contributed by atoms with Crippen molar-refractivity contribution in [3.63, 3.8) is 0 Å². The molecule has 0 radical (unpaired) electrons. The molecule has 2 heterocycles. The predicted octanol–water partition coefficient (Wildman–Crippen LogP) is 3.53. The molecule has 2 aliphatic heterocycles. The molecule has 5 nitrogen and oxygen atoms in total. The van der Waals surface area contributed by atoms with Gasteiger partial charge >= 0.3 is 0 Å². The maximum atomic E-state index is 12.7. The number of hydrogen-bond acceptors (Lipinski definition) is 4. The van der Waals surface area contributed by atoms with Gasteiger partial charge in [0.2, 0.25) is 12.7 Å². The highest BCUT2D eigenvalue weighted by Crippen LogP contribution is 2.43. The number of unbranched alkanes of at least 4 members (excludes halogenated alkanes) is 3. The Morgan fingerprint density at radius 2 is 1.95 bits per heavy atom. The maximum absolute atomic E-state index is 12.7. The second-order valence-electron chi connectivity index (χ2n) is 5.88. The fraction of sp³-hybridized carbons (Fsp3) is 0.588. The molecule has 0 bridgehead atoms. The standard InChI is InChI=1S/C17H24N2O3/c1-3-5-6-7-8-19-14-10-16-15(21-11-22-16)9-13(14)18-12(4-2)17(19)20/h9-10,12,18H,3-8,11H2,1-2H3. The van der Waals surface area contributed by atoms with Crippen LogP contribution in [0.1, 0.15) is 46.0 Å². The molecule has 1 atom stereocenters. The van der Waals surface area contributed by atoms with E-state index in [1.165, 1.54) is 12.8 Å². The first-order valence-electron chi connectivity index (χ1n) is 8.26. The van der Waals surface area contributed by atoms with Crippen molar-refractivity contribution in [3.05, 3.63) is 12.1 Å². The highest BCUT2D eigenvalue weighted by molar-refractivity contribution is 6.05. The first kappa shape index (κ1) is 15.0. The number of ether oxygens (including phenoxy) is 2. The Morgan fingerprint density at radius 1 is 1.18 bits per heavy atom. The summed E-state index contributed by atoms with van der Waals surface area (Å²) < 4.78 is 10.9. The number of nitrogens with one attached hydrogen (secondary N) is 1. The number of hydrogen-bond donors (Lipinski definition) is 1. The lowest BCUT2D eigenvalue weighted by Crippen LogP contribution is -2.47. The molecule has 120 valence electrons. The molecule has 22 heavy (non-hydrogen) atoms. The summed E-state index contributed by atoms with van der Waals surface area (Å²) in [5.74, 6) is 1.63. The molecule has 1 unspecified atom stereocenters. The molecule has 1 N–H and O–H groups in total. The van der Waals surface area contributed by atoms with Crippen LogP contribution < -0.4 is 19.7 Å². The van der Waals surface area contributed by atoms with Crippen molar-refractivity contribution in [2.75, 3.05) is 23.6 Å². The molecule has 5 heteroatoms. The third-order valence-corrected chi connectivity index (χ3v) is 4.32. The second-order valence-corrected chi connectivity index (χ2v) is 5.88. The lowest BCUT2D eigenvalue weighted by molar-refractivity contribution is -0.119. The fourth-order valence-corrected chi connectivity index (χ4v) is 3.03. The molecule has 1 aromatic rings. The molecule has 1 aromatic carbocycles. The van der Waals surface area contributed by atoms with Crippen molar-refractivity contribution in [3.8, 4) is 11.5 Å². The van der Waals surface area contributed by atoms with Crippen molar-refractivity contribution in [2.24, 2.45) is 0 Å². The molecular formula is C17H24N2O3. The van der Waals surface area contributed by atoms with Gasteiger partial charge in [0.1, 0.15) is 6.04 Å². The summed E-state index contributed by atoms with van der Waals surface area (Å²) in [6.45, 7) is 5.24. The van der Waals surface area contributed by atoms with Crippen LogP contribution in [0.5, 0.6) is 11.5 Å². The quantitative estimate of drug-likeness (QED) is 0.817. The van der Waals surface area contributed by atoms with E-state index in [0.29, 0.717) is 0 Å². The van der Waals surface area contributed by atoms with Gasteiger partial charge in [-0.05, 0) is 12.8 Å². The van der Waals surface area contributed by atoms with E-state index in [0.717, 1.165) is 48.7 Å². The number of amides is 1. The van der Waals surface area contributed by atoms with Crippen LogP contribution in [0, 0.1) is 0 Å². The van der Waals surface area contributed by atoms with Gasteiger partial charge in [-0.1, -0.05) is 33.1 Å². The normalized spacial score (nSPS) is 19.1.